The Labute approximate surface area is 104 Å². The van der Waals surface area contributed by atoms with Gasteiger partial charge in [0.05, 0.1) is 11.7 Å². The smallest absolute Gasteiger partial charge is 0.290 e. The van der Waals surface area contributed by atoms with Crippen molar-refractivity contribution in [1.29, 1.82) is 0 Å². The summed E-state index contributed by atoms with van der Waals surface area (Å²) in [5.74, 6) is -0.638. The van der Waals surface area contributed by atoms with E-state index in [-0.39, 0.29) is 11.6 Å². The van der Waals surface area contributed by atoms with Gasteiger partial charge in [-0.3, -0.25) is 4.79 Å². The molecule has 5 heteroatoms. The minimum atomic E-state index is -0.441. The third-order valence-electron chi connectivity index (χ3n) is 2.57. The number of halogens is 1. The van der Waals surface area contributed by atoms with E-state index in [0.29, 0.717) is 11.3 Å². The maximum Gasteiger partial charge on any atom is 0.290 e. The Bertz CT molecular complexity index is 566. The first-order valence-electron chi connectivity index (χ1n) is 5.56. The van der Waals surface area contributed by atoms with Crippen LogP contribution in [0.2, 0.25) is 0 Å². The zero-order valence-electron chi connectivity index (χ0n) is 10.1. The van der Waals surface area contributed by atoms with Gasteiger partial charge in [0.25, 0.3) is 5.91 Å². The van der Waals surface area contributed by atoms with Crippen LogP contribution < -0.4 is 5.32 Å². The lowest BCUT2D eigenvalue weighted by Crippen LogP contribution is -2.26. The van der Waals surface area contributed by atoms with Gasteiger partial charge in [-0.2, -0.15) is 0 Å². The second kappa shape index (κ2) is 5.00. The molecule has 0 aliphatic rings. The Morgan fingerprint density at radius 2 is 2.17 bits per heavy atom. The molecule has 1 aromatic heterocycles. The number of aromatic nitrogens is 1. The van der Waals surface area contributed by atoms with Gasteiger partial charge in [0, 0.05) is 11.6 Å². The van der Waals surface area contributed by atoms with Gasteiger partial charge in [0.2, 0.25) is 5.76 Å². The first-order valence-corrected chi connectivity index (χ1v) is 5.56. The number of hydrogen-bond acceptors (Lipinski definition) is 3. The zero-order chi connectivity index (χ0) is 13.1. The van der Waals surface area contributed by atoms with Crippen LogP contribution in [0.4, 0.5) is 4.39 Å². The highest BCUT2D eigenvalue weighted by atomic mass is 19.1. The van der Waals surface area contributed by atoms with Crippen LogP contribution >= 0.6 is 0 Å². The van der Waals surface area contributed by atoms with E-state index in [1.807, 2.05) is 0 Å². The largest absolute Gasteiger partial charge is 0.351 e. The third kappa shape index (κ3) is 2.56. The summed E-state index contributed by atoms with van der Waals surface area (Å²) in [4.78, 5) is 11.8. The topological polar surface area (TPSA) is 55.1 Å². The van der Waals surface area contributed by atoms with Gasteiger partial charge in [-0.1, -0.05) is 23.4 Å². The lowest BCUT2D eigenvalue weighted by Gasteiger charge is -2.13. The minimum Gasteiger partial charge on any atom is -0.351 e. The summed E-state index contributed by atoms with van der Waals surface area (Å²) in [7, 11) is 0. The van der Waals surface area contributed by atoms with E-state index in [1.54, 1.807) is 32.0 Å². The maximum absolute atomic E-state index is 13.5. The van der Waals surface area contributed by atoms with Crippen molar-refractivity contribution in [2.75, 3.05) is 0 Å². The van der Waals surface area contributed by atoms with Crippen LogP contribution in [-0.2, 0) is 0 Å². The van der Waals surface area contributed by atoms with Crippen LogP contribution in [0.25, 0.3) is 0 Å². The summed E-state index contributed by atoms with van der Waals surface area (Å²) < 4.78 is 18.3. The Hall–Kier alpha value is -2.17. The number of benzene rings is 1. The predicted octanol–water partition coefficient (Wildman–Crippen LogP) is 2.61. The first-order chi connectivity index (χ1) is 8.58. The van der Waals surface area contributed by atoms with Crippen LogP contribution in [0.1, 0.15) is 34.8 Å². The number of aryl methyl sites for hydroxylation is 1. The van der Waals surface area contributed by atoms with Gasteiger partial charge in [-0.25, -0.2) is 4.39 Å². The number of amides is 1. The summed E-state index contributed by atoms with van der Waals surface area (Å²) in [6, 6.07) is 7.41. The number of carbonyl (C=O) groups excluding carboxylic acids is 1. The molecule has 2 rings (SSSR count). The average molecular weight is 248 g/mol. The standard InChI is InChI=1S/C13H13FN2O2/c1-8-7-12(18-16-8)13(17)15-9(2)10-5-3-4-6-11(10)14/h3-7,9H,1-2H3,(H,15,17). The summed E-state index contributed by atoms with van der Waals surface area (Å²) in [5, 5.41) is 6.28. The van der Waals surface area contributed by atoms with E-state index in [0.717, 1.165) is 0 Å². The van der Waals surface area contributed by atoms with Crippen LogP contribution in [0.15, 0.2) is 34.9 Å². The molecule has 0 spiro atoms. The molecule has 0 saturated carbocycles. The summed E-state index contributed by atoms with van der Waals surface area (Å²) in [6.07, 6.45) is 0. The third-order valence-corrected chi connectivity index (χ3v) is 2.57. The first kappa shape index (κ1) is 12.3. The van der Waals surface area contributed by atoms with E-state index >= 15 is 0 Å². The van der Waals surface area contributed by atoms with Crippen molar-refractivity contribution in [3.63, 3.8) is 0 Å². The van der Waals surface area contributed by atoms with Gasteiger partial charge in [-0.05, 0) is 19.9 Å². The van der Waals surface area contributed by atoms with E-state index < -0.39 is 11.9 Å². The quantitative estimate of drug-likeness (QED) is 0.908. The van der Waals surface area contributed by atoms with Crippen molar-refractivity contribution in [3.05, 3.63) is 53.2 Å². The molecule has 4 nitrogen and oxygen atoms in total. The molecular weight excluding hydrogens is 235 g/mol. The highest BCUT2D eigenvalue weighted by Crippen LogP contribution is 2.16. The van der Waals surface area contributed by atoms with E-state index in [2.05, 4.69) is 10.5 Å². The molecule has 0 aliphatic heterocycles. The fourth-order valence-electron chi connectivity index (χ4n) is 1.64. The molecule has 0 fully saturated rings. The van der Waals surface area contributed by atoms with Crippen molar-refractivity contribution >= 4 is 5.91 Å². The van der Waals surface area contributed by atoms with Crippen LogP contribution in [-0.4, -0.2) is 11.1 Å². The van der Waals surface area contributed by atoms with E-state index in [1.165, 1.54) is 12.1 Å². The second-order valence-corrected chi connectivity index (χ2v) is 4.05. The van der Waals surface area contributed by atoms with E-state index in [9.17, 15) is 9.18 Å². The fourth-order valence-corrected chi connectivity index (χ4v) is 1.64. The number of hydrogen-bond donors (Lipinski definition) is 1. The van der Waals surface area contributed by atoms with Crippen LogP contribution in [0, 0.1) is 12.7 Å². The molecule has 0 saturated heterocycles. The van der Waals surface area contributed by atoms with Crippen molar-refractivity contribution in [1.82, 2.24) is 10.5 Å². The molecule has 0 bridgehead atoms. The monoisotopic (exact) mass is 248 g/mol. The molecule has 1 aromatic carbocycles. The molecule has 0 aliphatic carbocycles. The Morgan fingerprint density at radius 1 is 1.44 bits per heavy atom. The van der Waals surface area contributed by atoms with E-state index in [4.69, 9.17) is 4.52 Å². The van der Waals surface area contributed by atoms with Crippen LogP contribution in [0.3, 0.4) is 0 Å². The molecule has 0 radical (unpaired) electrons. The highest BCUT2D eigenvalue weighted by molar-refractivity contribution is 5.91. The summed E-state index contributed by atoms with van der Waals surface area (Å²) in [6.45, 7) is 3.43. The molecule has 1 amide bonds. The molecule has 94 valence electrons. The SMILES string of the molecule is Cc1cc(C(=O)NC(C)c2ccccc2F)on1. The molecule has 1 N–H and O–H groups in total. The lowest BCUT2D eigenvalue weighted by atomic mass is 10.1. The maximum atomic E-state index is 13.5. The lowest BCUT2D eigenvalue weighted by molar-refractivity contribution is 0.0902. The predicted molar refractivity (Wildman–Crippen MR) is 63.5 cm³/mol. The molecule has 1 unspecified atom stereocenters. The summed E-state index contributed by atoms with van der Waals surface area (Å²) >= 11 is 0. The molecule has 1 heterocycles. The van der Waals surface area contributed by atoms with Gasteiger partial charge in [-0.15, -0.1) is 0 Å². The van der Waals surface area contributed by atoms with Gasteiger partial charge in [0.15, 0.2) is 0 Å². The van der Waals surface area contributed by atoms with Crippen molar-refractivity contribution in [3.8, 4) is 0 Å². The highest BCUT2D eigenvalue weighted by Gasteiger charge is 2.17. The molecular formula is C13H13FN2O2. The average Bonchev–Trinajstić information content (AvgIpc) is 2.76. The van der Waals surface area contributed by atoms with Gasteiger partial charge >= 0.3 is 0 Å². The fraction of sp³-hybridized carbons (Fsp3) is 0.231. The van der Waals surface area contributed by atoms with Gasteiger partial charge < -0.3 is 9.84 Å². The van der Waals surface area contributed by atoms with Crippen molar-refractivity contribution in [2.45, 2.75) is 19.9 Å². The number of carbonyl (C=O) groups is 1. The Balaban J connectivity index is 2.10. The molecule has 18 heavy (non-hydrogen) atoms. The Morgan fingerprint density at radius 3 is 2.78 bits per heavy atom. The second-order valence-electron chi connectivity index (χ2n) is 4.05. The Kier molecular flexibility index (Phi) is 3.41. The van der Waals surface area contributed by atoms with Crippen molar-refractivity contribution < 1.29 is 13.7 Å². The normalized spacial score (nSPS) is 12.2. The number of rotatable bonds is 3. The minimum absolute atomic E-state index is 0.121. The summed E-state index contributed by atoms with van der Waals surface area (Å²) in [5.41, 5.74) is 1.06. The van der Waals surface area contributed by atoms with Crippen molar-refractivity contribution in [2.24, 2.45) is 0 Å². The molecule has 1 atom stereocenters. The number of nitrogens with zero attached hydrogens (tertiary/aromatic N) is 1. The van der Waals surface area contributed by atoms with Gasteiger partial charge in [0.1, 0.15) is 5.82 Å². The molecule has 2 aromatic rings. The van der Waals surface area contributed by atoms with Crippen LogP contribution in [0.5, 0.6) is 0 Å². The zero-order valence-corrected chi connectivity index (χ0v) is 10.1. The number of nitrogens with one attached hydrogen (secondary N) is 1.